The summed E-state index contributed by atoms with van der Waals surface area (Å²) in [6.45, 7) is 0.890. The van der Waals surface area contributed by atoms with Gasteiger partial charge in [0.15, 0.2) is 0 Å². The highest BCUT2D eigenvalue weighted by Gasteiger charge is 2.32. The second-order valence-corrected chi connectivity index (χ2v) is 10.5. The van der Waals surface area contributed by atoms with Gasteiger partial charge in [-0.25, -0.2) is 13.2 Å². The first kappa shape index (κ1) is 23.0. The van der Waals surface area contributed by atoms with Crippen molar-refractivity contribution in [3.05, 3.63) is 77.2 Å². The van der Waals surface area contributed by atoms with E-state index in [1.54, 1.807) is 17.0 Å². The Kier molecular flexibility index (Phi) is 6.77. The van der Waals surface area contributed by atoms with Gasteiger partial charge in [0.05, 0.1) is 23.9 Å². The van der Waals surface area contributed by atoms with E-state index in [0.29, 0.717) is 11.3 Å². The number of nitrogens with one attached hydrogen (secondary N) is 1. The summed E-state index contributed by atoms with van der Waals surface area (Å²) in [7, 11) is -2.50. The highest BCUT2D eigenvalue weighted by Crippen LogP contribution is 2.27. The van der Waals surface area contributed by atoms with E-state index in [9.17, 15) is 18.0 Å². The van der Waals surface area contributed by atoms with Crippen LogP contribution in [0, 0.1) is 0 Å². The smallest absolute Gasteiger partial charge is 0.338 e. The van der Waals surface area contributed by atoms with E-state index in [0.717, 1.165) is 17.0 Å². The number of carbonyl (C=O) groups is 2. The molecule has 1 N–H and O–H groups in total. The molecule has 4 rings (SSSR count). The summed E-state index contributed by atoms with van der Waals surface area (Å²) in [6.07, 6.45) is 0. The number of thiophene rings is 1. The lowest BCUT2D eigenvalue weighted by Crippen LogP contribution is -2.50. The number of piperazine rings is 1. The van der Waals surface area contributed by atoms with Crippen LogP contribution in [0.1, 0.15) is 20.7 Å². The summed E-state index contributed by atoms with van der Waals surface area (Å²) in [6, 6.07) is 18.2. The SMILES string of the molecule is COC(=O)c1csc(S(=O)(=O)N2CCN(C(=O)c3ccccc3Nc3ccccc3)CC2)c1. The number of ether oxygens (including phenoxy) is 1. The van der Waals surface area contributed by atoms with E-state index in [4.69, 9.17) is 0 Å². The fourth-order valence-electron chi connectivity index (χ4n) is 3.56. The molecule has 2 aromatic carbocycles. The molecule has 1 saturated heterocycles. The standard InChI is InChI=1S/C23H23N3O5S2/c1-31-23(28)17-15-21(32-16-17)33(29,30)26-13-11-25(12-14-26)22(27)19-9-5-6-10-20(19)24-18-7-3-2-4-8-18/h2-10,15-16,24H,11-14H2,1H3. The Balaban J connectivity index is 1.45. The summed E-state index contributed by atoms with van der Waals surface area (Å²) in [5, 5.41) is 4.74. The minimum atomic E-state index is -3.75. The number of amides is 1. The highest BCUT2D eigenvalue weighted by atomic mass is 32.2. The van der Waals surface area contributed by atoms with Crippen LogP contribution in [0.25, 0.3) is 0 Å². The molecule has 2 heterocycles. The van der Waals surface area contributed by atoms with Crippen molar-refractivity contribution in [3.8, 4) is 0 Å². The minimum Gasteiger partial charge on any atom is -0.465 e. The Morgan fingerprint density at radius 3 is 2.33 bits per heavy atom. The number of benzene rings is 2. The third-order valence-electron chi connectivity index (χ3n) is 5.33. The maximum atomic E-state index is 13.2. The van der Waals surface area contributed by atoms with Gasteiger partial charge < -0.3 is 15.0 Å². The van der Waals surface area contributed by atoms with Crippen molar-refractivity contribution < 1.29 is 22.7 Å². The number of methoxy groups -OCH3 is 1. The number of anilines is 2. The van der Waals surface area contributed by atoms with Gasteiger partial charge in [0.2, 0.25) is 0 Å². The molecule has 8 nitrogen and oxygen atoms in total. The minimum absolute atomic E-state index is 0.0834. The molecule has 33 heavy (non-hydrogen) atoms. The maximum Gasteiger partial charge on any atom is 0.338 e. The van der Waals surface area contributed by atoms with E-state index >= 15 is 0 Å². The molecule has 0 atom stereocenters. The van der Waals surface area contributed by atoms with E-state index in [1.807, 2.05) is 42.5 Å². The molecule has 3 aromatic rings. The molecule has 172 valence electrons. The van der Waals surface area contributed by atoms with Crippen LogP contribution in [0.3, 0.4) is 0 Å². The van der Waals surface area contributed by atoms with Crippen LogP contribution < -0.4 is 5.32 Å². The zero-order chi connectivity index (χ0) is 23.4. The Labute approximate surface area is 196 Å². The van der Waals surface area contributed by atoms with Gasteiger partial charge in [0.25, 0.3) is 15.9 Å². The number of hydrogen-bond acceptors (Lipinski definition) is 7. The van der Waals surface area contributed by atoms with Gasteiger partial charge in [-0.15, -0.1) is 11.3 Å². The van der Waals surface area contributed by atoms with E-state index < -0.39 is 16.0 Å². The van der Waals surface area contributed by atoms with Crippen molar-refractivity contribution in [2.24, 2.45) is 0 Å². The number of rotatable bonds is 6. The van der Waals surface area contributed by atoms with E-state index in [1.165, 1.54) is 22.9 Å². The number of sulfonamides is 1. The molecule has 0 saturated carbocycles. The van der Waals surface area contributed by atoms with Crippen molar-refractivity contribution >= 4 is 44.6 Å². The lowest BCUT2D eigenvalue weighted by molar-refractivity contribution is 0.0600. The molecule has 0 spiro atoms. The molecule has 0 bridgehead atoms. The number of para-hydroxylation sites is 2. The molecular weight excluding hydrogens is 462 g/mol. The van der Waals surface area contributed by atoms with Gasteiger partial charge in [-0.2, -0.15) is 4.31 Å². The normalized spacial score (nSPS) is 14.6. The Morgan fingerprint density at radius 1 is 0.970 bits per heavy atom. The zero-order valence-electron chi connectivity index (χ0n) is 17.9. The van der Waals surface area contributed by atoms with Crippen LogP contribution in [0.5, 0.6) is 0 Å². The summed E-state index contributed by atoms with van der Waals surface area (Å²) >= 11 is 0.981. The van der Waals surface area contributed by atoms with Gasteiger partial charge in [0, 0.05) is 37.2 Å². The topological polar surface area (TPSA) is 96.0 Å². The Morgan fingerprint density at radius 2 is 1.64 bits per heavy atom. The zero-order valence-corrected chi connectivity index (χ0v) is 19.6. The molecule has 10 heteroatoms. The largest absolute Gasteiger partial charge is 0.465 e. The lowest BCUT2D eigenvalue weighted by atomic mass is 10.1. The quantitative estimate of drug-likeness (QED) is 0.538. The average molecular weight is 486 g/mol. The van der Waals surface area contributed by atoms with Crippen molar-refractivity contribution in [1.29, 1.82) is 0 Å². The Bertz CT molecular complexity index is 1250. The van der Waals surface area contributed by atoms with Crippen LogP contribution >= 0.6 is 11.3 Å². The van der Waals surface area contributed by atoms with Gasteiger partial charge in [-0.3, -0.25) is 4.79 Å². The van der Waals surface area contributed by atoms with Crippen molar-refractivity contribution in [2.75, 3.05) is 38.6 Å². The second-order valence-electron chi connectivity index (χ2n) is 7.38. The van der Waals surface area contributed by atoms with Crippen LogP contribution in [-0.2, 0) is 14.8 Å². The van der Waals surface area contributed by atoms with E-state index in [-0.39, 0.29) is 41.9 Å². The predicted octanol–water partition coefficient (Wildman–Crippen LogP) is 3.43. The summed E-state index contributed by atoms with van der Waals surface area (Å²) in [5.74, 6) is -0.735. The molecule has 0 unspecified atom stereocenters. The molecule has 1 aromatic heterocycles. The molecular formula is C23H23N3O5S2. The first-order valence-corrected chi connectivity index (χ1v) is 12.6. The highest BCUT2D eigenvalue weighted by molar-refractivity contribution is 7.91. The summed E-state index contributed by atoms with van der Waals surface area (Å²) < 4.78 is 32.0. The fraction of sp³-hybridized carbons (Fsp3) is 0.217. The second kappa shape index (κ2) is 9.74. The molecule has 0 radical (unpaired) electrons. The maximum absolute atomic E-state index is 13.2. The summed E-state index contributed by atoms with van der Waals surface area (Å²) in [5.41, 5.74) is 2.30. The van der Waals surface area contributed by atoms with Gasteiger partial charge in [0.1, 0.15) is 4.21 Å². The predicted molar refractivity (Wildman–Crippen MR) is 126 cm³/mol. The van der Waals surface area contributed by atoms with Gasteiger partial charge in [-0.05, 0) is 30.3 Å². The Hall–Kier alpha value is -3.21. The molecule has 1 amide bonds. The third-order valence-corrected chi connectivity index (χ3v) is 8.64. The fourth-order valence-corrected chi connectivity index (χ4v) is 6.29. The van der Waals surface area contributed by atoms with Gasteiger partial charge >= 0.3 is 5.97 Å². The molecule has 0 aliphatic carbocycles. The monoisotopic (exact) mass is 485 g/mol. The number of esters is 1. The van der Waals surface area contributed by atoms with Crippen LogP contribution in [-0.4, -0.2) is 62.8 Å². The number of nitrogens with zero attached hydrogens (tertiary/aromatic N) is 2. The van der Waals surface area contributed by atoms with Crippen LogP contribution in [0.2, 0.25) is 0 Å². The number of hydrogen-bond donors (Lipinski definition) is 1. The first-order chi connectivity index (χ1) is 15.9. The van der Waals surface area contributed by atoms with Crippen molar-refractivity contribution in [3.63, 3.8) is 0 Å². The first-order valence-electron chi connectivity index (χ1n) is 10.3. The molecule has 1 aliphatic rings. The number of carbonyl (C=O) groups excluding carboxylic acids is 2. The molecule has 1 fully saturated rings. The molecule has 1 aliphatic heterocycles. The lowest BCUT2D eigenvalue weighted by Gasteiger charge is -2.34. The van der Waals surface area contributed by atoms with E-state index in [2.05, 4.69) is 10.1 Å². The van der Waals surface area contributed by atoms with Crippen LogP contribution in [0.15, 0.2) is 70.3 Å². The van der Waals surface area contributed by atoms with Gasteiger partial charge in [-0.1, -0.05) is 30.3 Å². The third kappa shape index (κ3) is 4.92. The van der Waals surface area contributed by atoms with Crippen LogP contribution in [0.4, 0.5) is 11.4 Å². The summed E-state index contributed by atoms with van der Waals surface area (Å²) in [4.78, 5) is 26.5. The average Bonchev–Trinajstić information content (AvgIpc) is 3.36. The van der Waals surface area contributed by atoms with Crippen molar-refractivity contribution in [2.45, 2.75) is 4.21 Å². The van der Waals surface area contributed by atoms with Crippen molar-refractivity contribution in [1.82, 2.24) is 9.21 Å².